The highest BCUT2D eigenvalue weighted by Crippen LogP contribution is 2.41. The van der Waals surface area contributed by atoms with Crippen molar-refractivity contribution in [1.29, 1.82) is 0 Å². The van der Waals surface area contributed by atoms with Gasteiger partial charge in [-0.05, 0) is 36.4 Å². The third-order valence-electron chi connectivity index (χ3n) is 4.97. The van der Waals surface area contributed by atoms with E-state index >= 15 is 0 Å². The number of fused-ring (bicyclic) bond motifs is 1. The Kier molecular flexibility index (Phi) is 4.82. The maximum absolute atomic E-state index is 13.4. The number of benzene rings is 1. The molecule has 1 aliphatic rings. The van der Waals surface area contributed by atoms with Gasteiger partial charge in [0.15, 0.2) is 0 Å². The maximum atomic E-state index is 13.4. The van der Waals surface area contributed by atoms with E-state index in [0.717, 1.165) is 11.3 Å². The van der Waals surface area contributed by atoms with Crippen molar-refractivity contribution in [3.63, 3.8) is 0 Å². The van der Waals surface area contributed by atoms with Crippen molar-refractivity contribution >= 4 is 10.0 Å². The minimum Gasteiger partial charge on any atom is -0.497 e. The lowest BCUT2D eigenvalue weighted by atomic mass is 10.0. The summed E-state index contributed by atoms with van der Waals surface area (Å²) in [6.07, 6.45) is 4.90. The van der Waals surface area contributed by atoms with Gasteiger partial charge in [-0.3, -0.25) is 4.98 Å². The number of rotatable bonds is 5. The van der Waals surface area contributed by atoms with Gasteiger partial charge in [-0.15, -0.1) is 0 Å². The second-order valence-corrected chi connectivity index (χ2v) is 8.33. The van der Waals surface area contributed by atoms with Crippen LogP contribution in [0, 0.1) is 0 Å². The lowest BCUT2D eigenvalue weighted by Gasteiger charge is -2.36. The fourth-order valence-corrected chi connectivity index (χ4v) is 5.15. The Morgan fingerprint density at radius 3 is 2.64 bits per heavy atom. The van der Waals surface area contributed by atoms with Crippen LogP contribution in [0.25, 0.3) is 0 Å². The summed E-state index contributed by atoms with van der Waals surface area (Å²) in [4.78, 5) is 4.16. The molecule has 1 aromatic carbocycles. The quantitative estimate of drug-likeness (QED) is 0.660. The first-order chi connectivity index (χ1) is 13.6. The summed E-state index contributed by atoms with van der Waals surface area (Å²) in [5.74, 6) is 1.22. The van der Waals surface area contributed by atoms with Crippen LogP contribution in [0.4, 0.5) is 0 Å². The van der Waals surface area contributed by atoms with Crippen molar-refractivity contribution in [3.8, 4) is 11.5 Å². The van der Waals surface area contributed by atoms with Crippen molar-refractivity contribution in [1.82, 2.24) is 13.9 Å². The maximum Gasteiger partial charge on any atom is 0.245 e. The standard InChI is InChI=1S/C20H21N3O4S/c1-26-15-7-8-17(19(13-15)27-2)20-18-6-4-10-22(18)11-12-23(20)28(24,25)16-5-3-9-21-14-16/h3-10,13-14,20H,11-12H2,1-2H3. The predicted molar refractivity (Wildman–Crippen MR) is 104 cm³/mol. The molecule has 0 N–H and O–H groups in total. The molecule has 1 atom stereocenters. The van der Waals surface area contributed by atoms with Crippen LogP contribution in [-0.2, 0) is 16.6 Å². The SMILES string of the molecule is COc1ccc(C2c3cccn3CCN2S(=O)(=O)c2cccnc2)c(OC)c1. The van der Waals surface area contributed by atoms with E-state index < -0.39 is 16.1 Å². The second kappa shape index (κ2) is 7.29. The average molecular weight is 399 g/mol. The number of aromatic nitrogens is 2. The van der Waals surface area contributed by atoms with Crippen LogP contribution in [0.2, 0.25) is 0 Å². The molecule has 7 nitrogen and oxygen atoms in total. The van der Waals surface area contributed by atoms with Gasteiger partial charge in [-0.2, -0.15) is 4.31 Å². The van der Waals surface area contributed by atoms with E-state index in [1.54, 1.807) is 38.6 Å². The van der Waals surface area contributed by atoms with Gasteiger partial charge < -0.3 is 14.0 Å². The average Bonchev–Trinajstić information content (AvgIpc) is 3.22. The van der Waals surface area contributed by atoms with Crippen LogP contribution < -0.4 is 9.47 Å². The van der Waals surface area contributed by atoms with Gasteiger partial charge in [0.25, 0.3) is 0 Å². The molecule has 0 bridgehead atoms. The Hall–Kier alpha value is -2.84. The van der Waals surface area contributed by atoms with Crippen molar-refractivity contribution in [2.24, 2.45) is 0 Å². The molecule has 1 aliphatic heterocycles. The van der Waals surface area contributed by atoms with Crippen LogP contribution in [0.1, 0.15) is 17.3 Å². The summed E-state index contributed by atoms with van der Waals surface area (Å²) in [5.41, 5.74) is 1.65. The third-order valence-corrected chi connectivity index (χ3v) is 6.82. The fraction of sp³-hybridized carbons (Fsp3) is 0.250. The number of nitrogens with zero attached hydrogens (tertiary/aromatic N) is 3. The van der Waals surface area contributed by atoms with Crippen molar-refractivity contribution in [2.45, 2.75) is 17.5 Å². The minimum atomic E-state index is -3.75. The highest BCUT2D eigenvalue weighted by Gasteiger charge is 2.39. The largest absolute Gasteiger partial charge is 0.497 e. The van der Waals surface area contributed by atoms with Crippen LogP contribution in [0.5, 0.6) is 11.5 Å². The third kappa shape index (κ3) is 3.04. The van der Waals surface area contributed by atoms with E-state index in [0.29, 0.717) is 24.6 Å². The molecular weight excluding hydrogens is 378 g/mol. The Morgan fingerprint density at radius 1 is 1.07 bits per heavy atom. The summed E-state index contributed by atoms with van der Waals surface area (Å²) in [7, 11) is -0.598. The number of ether oxygens (including phenoxy) is 2. The van der Waals surface area contributed by atoms with Crippen molar-refractivity contribution in [3.05, 3.63) is 72.3 Å². The second-order valence-electron chi connectivity index (χ2n) is 6.44. The Balaban J connectivity index is 1.89. The number of methoxy groups -OCH3 is 2. The summed E-state index contributed by atoms with van der Waals surface area (Å²) in [5, 5.41) is 0. The molecule has 146 valence electrons. The Morgan fingerprint density at radius 2 is 1.93 bits per heavy atom. The molecule has 4 rings (SSSR count). The number of hydrogen-bond donors (Lipinski definition) is 0. The van der Waals surface area contributed by atoms with Gasteiger partial charge >= 0.3 is 0 Å². The van der Waals surface area contributed by atoms with Crippen LogP contribution in [-0.4, -0.2) is 43.0 Å². The summed E-state index contributed by atoms with van der Waals surface area (Å²) in [6.45, 7) is 0.926. The summed E-state index contributed by atoms with van der Waals surface area (Å²) >= 11 is 0. The lowest BCUT2D eigenvalue weighted by molar-refractivity contribution is 0.290. The fourth-order valence-electron chi connectivity index (χ4n) is 3.61. The summed E-state index contributed by atoms with van der Waals surface area (Å²) in [6, 6.07) is 12.0. The molecule has 8 heteroatoms. The van der Waals surface area contributed by atoms with Crippen molar-refractivity contribution in [2.75, 3.05) is 20.8 Å². The zero-order chi connectivity index (χ0) is 19.7. The molecule has 1 unspecified atom stereocenters. The summed E-state index contributed by atoms with van der Waals surface area (Å²) < 4.78 is 41.3. The van der Waals surface area contributed by atoms with E-state index in [9.17, 15) is 8.42 Å². The van der Waals surface area contributed by atoms with Gasteiger partial charge in [0, 0.05) is 49.0 Å². The van der Waals surface area contributed by atoms with Gasteiger partial charge in [-0.1, -0.05) is 0 Å². The smallest absolute Gasteiger partial charge is 0.245 e. The molecule has 0 saturated carbocycles. The van der Waals surface area contributed by atoms with Gasteiger partial charge in [0.2, 0.25) is 10.0 Å². The first-order valence-corrected chi connectivity index (χ1v) is 10.3. The van der Waals surface area contributed by atoms with Gasteiger partial charge in [-0.25, -0.2) is 8.42 Å². The molecule has 0 fully saturated rings. The predicted octanol–water partition coefficient (Wildman–Crippen LogP) is 2.69. The first kappa shape index (κ1) is 18.5. The molecule has 0 radical (unpaired) electrons. The monoisotopic (exact) mass is 399 g/mol. The highest BCUT2D eigenvalue weighted by molar-refractivity contribution is 7.89. The van der Waals surface area contributed by atoms with Gasteiger partial charge in [0.05, 0.1) is 20.3 Å². The first-order valence-electron chi connectivity index (χ1n) is 8.85. The van der Waals surface area contributed by atoms with Crippen LogP contribution in [0.15, 0.2) is 66.0 Å². The topological polar surface area (TPSA) is 73.7 Å². The van der Waals surface area contributed by atoms with Gasteiger partial charge in [0.1, 0.15) is 16.4 Å². The van der Waals surface area contributed by atoms with E-state index in [1.165, 1.54) is 10.5 Å². The molecule has 3 aromatic rings. The van der Waals surface area contributed by atoms with Crippen LogP contribution in [0.3, 0.4) is 0 Å². The Bertz CT molecular complexity index is 1080. The molecule has 0 spiro atoms. The highest BCUT2D eigenvalue weighted by atomic mass is 32.2. The van der Waals surface area contributed by atoms with Crippen molar-refractivity contribution < 1.29 is 17.9 Å². The molecule has 0 aliphatic carbocycles. The number of sulfonamides is 1. The van der Waals surface area contributed by atoms with Crippen LogP contribution >= 0.6 is 0 Å². The zero-order valence-corrected chi connectivity index (χ0v) is 16.5. The molecule has 0 amide bonds. The lowest BCUT2D eigenvalue weighted by Crippen LogP contribution is -2.42. The minimum absolute atomic E-state index is 0.174. The molecule has 28 heavy (non-hydrogen) atoms. The Labute approximate surface area is 164 Å². The van der Waals surface area contributed by atoms with E-state index in [2.05, 4.69) is 9.55 Å². The molecule has 3 heterocycles. The normalized spacial score (nSPS) is 17.1. The molecule has 2 aromatic heterocycles. The zero-order valence-electron chi connectivity index (χ0n) is 15.6. The van der Waals surface area contributed by atoms with E-state index in [-0.39, 0.29) is 4.90 Å². The number of pyridine rings is 1. The number of hydrogen-bond acceptors (Lipinski definition) is 5. The molecular formula is C20H21N3O4S. The molecule has 0 saturated heterocycles. The van der Waals surface area contributed by atoms with E-state index in [1.807, 2.05) is 30.5 Å². The van der Waals surface area contributed by atoms with E-state index in [4.69, 9.17) is 9.47 Å².